The van der Waals surface area contributed by atoms with Crippen molar-refractivity contribution in [2.45, 2.75) is 58.4 Å². The lowest BCUT2D eigenvalue weighted by atomic mass is 9.73. The molecule has 1 amide bonds. The molecule has 1 aliphatic heterocycles. The number of hydrogen-bond acceptors (Lipinski definition) is 5. The minimum Gasteiger partial charge on any atom is -0.496 e. The van der Waals surface area contributed by atoms with Crippen LogP contribution < -0.4 is 15.0 Å². The number of likely N-dealkylation sites (tertiary alicyclic amines) is 1. The van der Waals surface area contributed by atoms with Crippen molar-refractivity contribution >= 4 is 30.2 Å². The highest BCUT2D eigenvalue weighted by molar-refractivity contribution is 5.87. The fourth-order valence-corrected chi connectivity index (χ4v) is 4.87. The number of aliphatic imine (C=N–C) groups is 1. The van der Waals surface area contributed by atoms with Gasteiger partial charge in [0, 0.05) is 31.3 Å². The summed E-state index contributed by atoms with van der Waals surface area (Å²) in [4.78, 5) is 20.3. The average Bonchev–Trinajstić information content (AvgIpc) is 3.64. The fourth-order valence-electron chi connectivity index (χ4n) is 4.87. The van der Waals surface area contributed by atoms with E-state index < -0.39 is 0 Å². The molecule has 0 radical (unpaired) electrons. The molecule has 31 heavy (non-hydrogen) atoms. The Bertz CT molecular complexity index is 808. The van der Waals surface area contributed by atoms with Crippen LogP contribution >= 0.6 is 0 Å². The number of benzene rings is 1. The number of nitrogens with one attached hydrogen (secondary N) is 1. The summed E-state index contributed by atoms with van der Waals surface area (Å²) < 4.78 is 5.65. The van der Waals surface area contributed by atoms with Gasteiger partial charge >= 0.3 is 0 Å². The second-order valence-electron chi connectivity index (χ2n) is 8.96. The van der Waals surface area contributed by atoms with Crippen molar-refractivity contribution in [1.29, 1.82) is 0 Å². The number of nitrogens with zero attached hydrogens (tertiary/aromatic N) is 3. The minimum atomic E-state index is 0.410. The van der Waals surface area contributed by atoms with Crippen LogP contribution in [0.2, 0.25) is 0 Å². The van der Waals surface area contributed by atoms with Crippen LogP contribution in [-0.4, -0.2) is 57.9 Å². The van der Waals surface area contributed by atoms with Crippen LogP contribution in [0.3, 0.4) is 0 Å². The quantitative estimate of drug-likeness (QED) is 0.408. The molecule has 1 aliphatic carbocycles. The fraction of sp³-hybridized carbons (Fsp3) is 0.600. The van der Waals surface area contributed by atoms with Crippen molar-refractivity contribution in [3.8, 4) is 5.75 Å². The van der Waals surface area contributed by atoms with E-state index in [0.717, 1.165) is 53.8 Å². The van der Waals surface area contributed by atoms with Crippen LogP contribution in [0, 0.1) is 5.41 Å². The van der Waals surface area contributed by atoms with Gasteiger partial charge in [0.2, 0.25) is 6.41 Å². The zero-order valence-corrected chi connectivity index (χ0v) is 19.6. The van der Waals surface area contributed by atoms with Crippen molar-refractivity contribution in [2.75, 3.05) is 44.0 Å². The molecule has 1 aromatic rings. The number of carbonyl (C=O) groups is 1. The van der Waals surface area contributed by atoms with Gasteiger partial charge in [-0.15, -0.1) is 0 Å². The number of rotatable bonds is 11. The van der Waals surface area contributed by atoms with Crippen LogP contribution in [0.15, 0.2) is 23.2 Å². The van der Waals surface area contributed by atoms with E-state index in [0.29, 0.717) is 5.41 Å². The number of ether oxygens (including phenoxy) is 1. The van der Waals surface area contributed by atoms with Crippen LogP contribution in [0.5, 0.6) is 5.75 Å². The highest BCUT2D eigenvalue weighted by atomic mass is 16.5. The molecule has 0 spiro atoms. The molecule has 1 N–H and O–H groups in total. The van der Waals surface area contributed by atoms with Crippen LogP contribution in [0.4, 0.5) is 11.4 Å². The molecular weight excluding hydrogens is 388 g/mol. The van der Waals surface area contributed by atoms with Gasteiger partial charge in [-0.3, -0.25) is 9.79 Å². The monoisotopic (exact) mass is 426 g/mol. The summed E-state index contributed by atoms with van der Waals surface area (Å²) in [5.74, 6) is 0.724. The second kappa shape index (κ2) is 10.3. The topological polar surface area (TPSA) is 57.2 Å². The van der Waals surface area contributed by atoms with Gasteiger partial charge in [0.1, 0.15) is 5.75 Å². The third kappa shape index (κ3) is 5.29. The largest absolute Gasteiger partial charge is 0.496 e. The van der Waals surface area contributed by atoms with Gasteiger partial charge in [0.05, 0.1) is 24.2 Å². The molecule has 0 bridgehead atoms. The maximum absolute atomic E-state index is 11.3. The molecule has 3 rings (SSSR count). The molecule has 1 heterocycles. The molecule has 1 aromatic carbocycles. The number of hydrogen-bond donors (Lipinski definition) is 1. The van der Waals surface area contributed by atoms with Gasteiger partial charge in [-0.1, -0.05) is 19.4 Å². The zero-order chi connectivity index (χ0) is 22.4. The molecule has 6 heteroatoms. The van der Waals surface area contributed by atoms with Gasteiger partial charge < -0.3 is 19.9 Å². The number of amides is 1. The van der Waals surface area contributed by atoms with E-state index in [1.54, 1.807) is 7.11 Å². The first kappa shape index (κ1) is 23.3. The van der Waals surface area contributed by atoms with Gasteiger partial charge in [-0.2, -0.15) is 0 Å². The molecule has 170 valence electrons. The van der Waals surface area contributed by atoms with E-state index in [9.17, 15) is 4.79 Å². The predicted molar refractivity (Wildman–Crippen MR) is 130 cm³/mol. The van der Waals surface area contributed by atoms with E-state index >= 15 is 0 Å². The SMILES string of the molecule is C=N/C(=C\C)c1cc(NC=O)c(N(C)CCC2(CC)CCN(C3CC3)CC2)cc1OC. The molecule has 1 saturated carbocycles. The van der Waals surface area contributed by atoms with Gasteiger partial charge in [0.25, 0.3) is 0 Å². The molecule has 6 nitrogen and oxygen atoms in total. The summed E-state index contributed by atoms with van der Waals surface area (Å²) in [5, 5.41) is 2.86. The number of methoxy groups -OCH3 is 1. The lowest BCUT2D eigenvalue weighted by molar-refractivity contribution is -0.105. The first-order valence-electron chi connectivity index (χ1n) is 11.5. The standard InChI is InChI=1S/C25H38N4O2/c1-6-21(26-3)20-16-22(27-18-30)23(17-24(20)31-5)28(4)13-10-25(7-2)11-14-29(15-12-25)19-8-9-19/h6,16-19H,3,7-15H2,1-2,4-5H3,(H,27,30)/b21-6-. The van der Waals surface area contributed by atoms with Gasteiger partial charge in [0.15, 0.2) is 0 Å². The molecule has 0 atom stereocenters. The summed E-state index contributed by atoms with van der Waals surface area (Å²) in [6.07, 6.45) is 10.3. The Kier molecular flexibility index (Phi) is 7.76. The van der Waals surface area contributed by atoms with Crippen LogP contribution in [-0.2, 0) is 4.79 Å². The van der Waals surface area contributed by atoms with E-state index in [2.05, 4.69) is 40.8 Å². The minimum absolute atomic E-state index is 0.410. The summed E-state index contributed by atoms with van der Waals surface area (Å²) in [7, 11) is 3.75. The molecule has 0 aromatic heterocycles. The Morgan fingerprint density at radius 3 is 2.61 bits per heavy atom. The van der Waals surface area contributed by atoms with Crippen LogP contribution in [0.1, 0.15) is 57.9 Å². The third-order valence-corrected chi connectivity index (χ3v) is 7.31. The van der Waals surface area contributed by atoms with E-state index in [1.165, 1.54) is 45.2 Å². The Hall–Kier alpha value is -2.34. The van der Waals surface area contributed by atoms with Crippen molar-refractivity contribution in [3.05, 3.63) is 23.8 Å². The van der Waals surface area contributed by atoms with Crippen molar-refractivity contribution in [1.82, 2.24) is 4.90 Å². The maximum Gasteiger partial charge on any atom is 0.211 e. The summed E-state index contributed by atoms with van der Waals surface area (Å²) in [6.45, 7) is 11.3. The van der Waals surface area contributed by atoms with Crippen LogP contribution in [0.25, 0.3) is 5.70 Å². The van der Waals surface area contributed by atoms with Crippen molar-refractivity contribution < 1.29 is 9.53 Å². The molecule has 0 unspecified atom stereocenters. The summed E-state index contributed by atoms with van der Waals surface area (Å²) >= 11 is 0. The molecular formula is C25H38N4O2. The third-order valence-electron chi connectivity index (χ3n) is 7.31. The summed E-state index contributed by atoms with van der Waals surface area (Å²) in [5.41, 5.74) is 3.66. The average molecular weight is 427 g/mol. The Morgan fingerprint density at radius 2 is 2.10 bits per heavy atom. The van der Waals surface area contributed by atoms with E-state index in [4.69, 9.17) is 4.74 Å². The highest BCUT2D eigenvalue weighted by Gasteiger charge is 2.38. The molecule has 2 aliphatic rings. The highest BCUT2D eigenvalue weighted by Crippen LogP contribution is 2.42. The lowest BCUT2D eigenvalue weighted by Gasteiger charge is -2.42. The Balaban J connectivity index is 1.77. The lowest BCUT2D eigenvalue weighted by Crippen LogP contribution is -2.42. The second-order valence-corrected chi connectivity index (χ2v) is 8.96. The number of piperidine rings is 1. The van der Waals surface area contributed by atoms with Gasteiger partial charge in [-0.05, 0) is 70.3 Å². The molecule has 2 fully saturated rings. The predicted octanol–water partition coefficient (Wildman–Crippen LogP) is 4.81. The molecule has 1 saturated heterocycles. The number of anilines is 2. The first-order chi connectivity index (χ1) is 15.0. The van der Waals surface area contributed by atoms with E-state index in [-0.39, 0.29) is 0 Å². The Morgan fingerprint density at radius 1 is 1.39 bits per heavy atom. The van der Waals surface area contributed by atoms with Gasteiger partial charge in [-0.25, -0.2) is 0 Å². The van der Waals surface area contributed by atoms with E-state index in [1.807, 2.05) is 25.1 Å². The summed E-state index contributed by atoms with van der Waals surface area (Å²) in [6, 6.07) is 4.78. The van der Waals surface area contributed by atoms with Crippen molar-refractivity contribution in [3.63, 3.8) is 0 Å². The zero-order valence-electron chi connectivity index (χ0n) is 19.6. The Labute approximate surface area is 187 Å². The smallest absolute Gasteiger partial charge is 0.211 e. The normalized spacial score (nSPS) is 19.0. The maximum atomic E-state index is 11.3. The number of carbonyl (C=O) groups excluding carboxylic acids is 1. The number of allylic oxidation sites excluding steroid dienone is 1. The van der Waals surface area contributed by atoms with Crippen molar-refractivity contribution in [2.24, 2.45) is 10.4 Å². The first-order valence-corrected chi connectivity index (χ1v) is 11.5.